The summed E-state index contributed by atoms with van der Waals surface area (Å²) in [6.45, 7) is -0.548. The summed E-state index contributed by atoms with van der Waals surface area (Å²) < 4.78 is 43.2. The summed E-state index contributed by atoms with van der Waals surface area (Å²) in [6.07, 6.45) is 1.06. The third-order valence-electron chi connectivity index (χ3n) is 4.49. The van der Waals surface area contributed by atoms with Gasteiger partial charge < -0.3 is 14.6 Å². The van der Waals surface area contributed by atoms with Gasteiger partial charge in [-0.2, -0.15) is 18.4 Å². The second-order valence-corrected chi connectivity index (χ2v) is 6.80. The highest BCUT2D eigenvalue weighted by molar-refractivity contribution is 5.96. The van der Waals surface area contributed by atoms with Crippen LogP contribution in [0.5, 0.6) is 5.75 Å². The fourth-order valence-electron chi connectivity index (χ4n) is 3.05. The summed E-state index contributed by atoms with van der Waals surface area (Å²) >= 11 is 0. The van der Waals surface area contributed by atoms with Gasteiger partial charge in [0.1, 0.15) is 5.75 Å². The number of ether oxygens (including phenoxy) is 1. The van der Waals surface area contributed by atoms with E-state index in [2.05, 4.69) is 16.1 Å². The van der Waals surface area contributed by atoms with E-state index in [-0.39, 0.29) is 18.2 Å². The van der Waals surface area contributed by atoms with Gasteiger partial charge in [-0.15, -0.1) is 0 Å². The first kappa shape index (κ1) is 22.0. The molecule has 0 aliphatic heterocycles. The zero-order valence-corrected chi connectivity index (χ0v) is 16.5. The first-order valence-corrected chi connectivity index (χ1v) is 9.55. The second kappa shape index (κ2) is 9.85. The molecule has 2 aromatic carbocycles. The molecular formula is C23H20F3N3O2. The normalized spacial score (nSPS) is 11.5. The molecule has 0 spiro atoms. The maximum Gasteiger partial charge on any atom is 0.422 e. The van der Waals surface area contributed by atoms with Crippen molar-refractivity contribution in [2.45, 2.75) is 25.7 Å². The van der Waals surface area contributed by atoms with Gasteiger partial charge in [0, 0.05) is 41.8 Å². The number of aryl methyl sites for hydroxylation is 1. The largest absolute Gasteiger partial charge is 0.484 e. The lowest BCUT2D eigenvalue weighted by Gasteiger charge is -2.09. The van der Waals surface area contributed by atoms with Crippen molar-refractivity contribution < 1.29 is 22.7 Å². The highest BCUT2D eigenvalue weighted by Gasteiger charge is 2.28. The molecular weight excluding hydrogens is 407 g/mol. The van der Waals surface area contributed by atoms with Crippen molar-refractivity contribution in [2.24, 2.45) is 0 Å². The van der Waals surface area contributed by atoms with Gasteiger partial charge in [-0.05, 0) is 29.8 Å². The van der Waals surface area contributed by atoms with E-state index in [1.54, 1.807) is 18.2 Å². The minimum atomic E-state index is -4.39. The zero-order chi connectivity index (χ0) is 22.3. The van der Waals surface area contributed by atoms with Crippen LogP contribution in [0.3, 0.4) is 0 Å². The van der Waals surface area contributed by atoms with E-state index in [0.29, 0.717) is 13.0 Å². The lowest BCUT2D eigenvalue weighted by molar-refractivity contribution is -0.153. The maximum atomic E-state index is 12.2. The molecule has 1 aromatic heterocycles. The van der Waals surface area contributed by atoms with E-state index in [1.165, 1.54) is 18.2 Å². The quantitative estimate of drug-likeness (QED) is 0.524. The zero-order valence-electron chi connectivity index (χ0n) is 16.5. The van der Waals surface area contributed by atoms with Crippen LogP contribution in [0.2, 0.25) is 0 Å². The Morgan fingerprint density at radius 2 is 1.90 bits per heavy atom. The van der Waals surface area contributed by atoms with Crippen molar-refractivity contribution in [1.29, 1.82) is 5.26 Å². The Morgan fingerprint density at radius 3 is 2.61 bits per heavy atom. The number of para-hydroxylation sites is 1. The predicted octanol–water partition coefficient (Wildman–Crippen LogP) is 4.83. The van der Waals surface area contributed by atoms with Gasteiger partial charge in [-0.3, -0.25) is 4.79 Å². The van der Waals surface area contributed by atoms with Crippen molar-refractivity contribution >= 4 is 22.9 Å². The van der Waals surface area contributed by atoms with Gasteiger partial charge in [-0.1, -0.05) is 30.3 Å². The number of alkyl halides is 3. The molecule has 0 unspecified atom stereocenters. The molecule has 0 atom stereocenters. The molecule has 0 radical (unpaired) electrons. The molecule has 5 nitrogen and oxygen atoms in total. The number of benzene rings is 2. The van der Waals surface area contributed by atoms with Gasteiger partial charge in [-0.25, -0.2) is 0 Å². The summed E-state index contributed by atoms with van der Waals surface area (Å²) in [7, 11) is 0. The van der Waals surface area contributed by atoms with E-state index >= 15 is 0 Å². The number of aromatic nitrogens is 1. The first-order chi connectivity index (χ1) is 14.9. The monoisotopic (exact) mass is 427 g/mol. The first-order valence-electron chi connectivity index (χ1n) is 9.55. The van der Waals surface area contributed by atoms with Gasteiger partial charge in [0.25, 0.3) is 0 Å². The van der Waals surface area contributed by atoms with E-state index in [0.717, 1.165) is 22.0 Å². The van der Waals surface area contributed by atoms with Gasteiger partial charge in [0.2, 0.25) is 5.91 Å². The van der Waals surface area contributed by atoms with Crippen molar-refractivity contribution in [1.82, 2.24) is 9.88 Å². The Balaban J connectivity index is 1.58. The van der Waals surface area contributed by atoms with Gasteiger partial charge >= 0.3 is 6.18 Å². The molecule has 8 heteroatoms. The van der Waals surface area contributed by atoms with Crippen LogP contribution in [0, 0.1) is 11.3 Å². The molecule has 0 aliphatic rings. The van der Waals surface area contributed by atoms with Crippen LogP contribution in [0.25, 0.3) is 17.0 Å². The van der Waals surface area contributed by atoms with Crippen molar-refractivity contribution in [3.63, 3.8) is 0 Å². The average molecular weight is 427 g/mol. The standard InChI is InChI=1S/C23H20F3N3O2/c24-23(25,26)16-31-19-9-6-17(7-10-19)14-28-22(30)11-8-18-15-29(13-3-12-27)21-5-2-1-4-20(18)21/h1-2,4-11,15H,3,13-14,16H2,(H,28,30)/b11-8+. The van der Waals surface area contributed by atoms with Crippen LogP contribution in [-0.2, 0) is 17.9 Å². The lowest BCUT2D eigenvalue weighted by Crippen LogP contribution is -2.20. The summed E-state index contributed by atoms with van der Waals surface area (Å²) in [5.41, 5.74) is 2.59. The van der Waals surface area contributed by atoms with Crippen LogP contribution in [-0.4, -0.2) is 23.3 Å². The summed E-state index contributed by atoms with van der Waals surface area (Å²) in [5, 5.41) is 12.6. The smallest absolute Gasteiger partial charge is 0.422 e. The fraction of sp³-hybridized carbons (Fsp3) is 0.217. The Kier molecular flexibility index (Phi) is 6.98. The number of halogens is 3. The second-order valence-electron chi connectivity index (χ2n) is 6.80. The number of hydrogen-bond donors (Lipinski definition) is 1. The number of amides is 1. The molecule has 0 saturated carbocycles. The van der Waals surface area contributed by atoms with E-state index < -0.39 is 12.8 Å². The molecule has 0 saturated heterocycles. The molecule has 160 valence electrons. The third kappa shape index (κ3) is 6.37. The Bertz CT molecular complexity index is 1110. The van der Waals surface area contributed by atoms with E-state index in [9.17, 15) is 18.0 Å². The Labute approximate surface area is 177 Å². The minimum absolute atomic E-state index is 0.111. The number of carbonyl (C=O) groups is 1. The highest BCUT2D eigenvalue weighted by atomic mass is 19.4. The average Bonchev–Trinajstić information content (AvgIpc) is 3.11. The van der Waals surface area contributed by atoms with E-state index in [1.807, 2.05) is 35.0 Å². The molecule has 0 fully saturated rings. The van der Waals surface area contributed by atoms with Crippen molar-refractivity contribution in [3.8, 4) is 11.8 Å². The number of rotatable bonds is 8. The highest BCUT2D eigenvalue weighted by Crippen LogP contribution is 2.23. The number of fused-ring (bicyclic) bond motifs is 1. The molecule has 1 N–H and O–H groups in total. The van der Waals surface area contributed by atoms with Crippen LogP contribution in [0.4, 0.5) is 13.2 Å². The molecule has 1 heterocycles. The van der Waals surface area contributed by atoms with Crippen LogP contribution < -0.4 is 10.1 Å². The van der Waals surface area contributed by atoms with Crippen LogP contribution in [0.1, 0.15) is 17.5 Å². The predicted molar refractivity (Wildman–Crippen MR) is 111 cm³/mol. The van der Waals surface area contributed by atoms with Crippen molar-refractivity contribution in [3.05, 3.63) is 71.9 Å². The number of hydrogen-bond acceptors (Lipinski definition) is 3. The SMILES string of the molecule is N#CCCn1cc(/C=C/C(=O)NCc2ccc(OCC(F)(F)F)cc2)c2ccccc21. The fourth-order valence-corrected chi connectivity index (χ4v) is 3.05. The van der Waals surface area contributed by atoms with Gasteiger partial charge in [0.15, 0.2) is 6.61 Å². The number of nitrogens with zero attached hydrogens (tertiary/aromatic N) is 2. The summed E-state index contributed by atoms with van der Waals surface area (Å²) in [5.74, 6) is -0.189. The lowest BCUT2D eigenvalue weighted by atomic mass is 10.1. The molecule has 0 bridgehead atoms. The third-order valence-corrected chi connectivity index (χ3v) is 4.49. The molecule has 3 aromatic rings. The van der Waals surface area contributed by atoms with Gasteiger partial charge in [0.05, 0.1) is 12.5 Å². The summed E-state index contributed by atoms with van der Waals surface area (Å²) in [4.78, 5) is 12.2. The molecule has 0 aliphatic carbocycles. The van der Waals surface area contributed by atoms with Crippen LogP contribution >= 0.6 is 0 Å². The number of nitriles is 1. The van der Waals surface area contributed by atoms with Crippen LogP contribution in [0.15, 0.2) is 60.8 Å². The molecule has 3 rings (SSSR count). The number of nitrogens with one attached hydrogen (secondary N) is 1. The minimum Gasteiger partial charge on any atom is -0.484 e. The molecule has 31 heavy (non-hydrogen) atoms. The summed E-state index contributed by atoms with van der Waals surface area (Å²) in [6, 6.07) is 15.9. The van der Waals surface area contributed by atoms with E-state index in [4.69, 9.17) is 5.26 Å². The van der Waals surface area contributed by atoms with Crippen molar-refractivity contribution in [2.75, 3.05) is 6.61 Å². The number of carbonyl (C=O) groups excluding carboxylic acids is 1. The maximum absolute atomic E-state index is 12.2. The molecule has 1 amide bonds. The Hall–Kier alpha value is -3.73. The Morgan fingerprint density at radius 1 is 1.16 bits per heavy atom. The topological polar surface area (TPSA) is 67.0 Å².